The summed E-state index contributed by atoms with van der Waals surface area (Å²) in [6.45, 7) is 0. The number of para-hydroxylation sites is 1. The number of methoxy groups -OCH3 is 1. The Hall–Kier alpha value is -3.54. The number of hydrogen-bond donors (Lipinski definition) is 1. The van der Waals surface area contributed by atoms with E-state index < -0.39 is 11.9 Å². The summed E-state index contributed by atoms with van der Waals surface area (Å²) in [5, 5.41) is 10.8. The Morgan fingerprint density at radius 3 is 2.32 bits per heavy atom. The Morgan fingerprint density at radius 2 is 1.56 bits per heavy atom. The Kier molecular flexibility index (Phi) is 3.32. The van der Waals surface area contributed by atoms with Gasteiger partial charge in [-0.2, -0.15) is 0 Å². The lowest BCUT2D eigenvalue weighted by Crippen LogP contribution is -2.03. The van der Waals surface area contributed by atoms with Gasteiger partial charge in [-0.25, -0.2) is 19.6 Å². The average Bonchev–Trinajstić information content (AvgIpc) is 2.64. The third-order valence-electron chi connectivity index (χ3n) is 4.13. The Morgan fingerprint density at radius 1 is 0.840 bits per heavy atom. The number of aromatic nitrogens is 2. The summed E-state index contributed by atoms with van der Waals surface area (Å²) in [7, 11) is 1.33. The van der Waals surface area contributed by atoms with Gasteiger partial charge in [-0.05, 0) is 29.7 Å². The predicted molar refractivity (Wildman–Crippen MR) is 92.8 cm³/mol. The molecule has 0 bridgehead atoms. The molecule has 0 atom stereocenters. The summed E-state index contributed by atoms with van der Waals surface area (Å²) in [6.07, 6.45) is 0. The van der Waals surface area contributed by atoms with E-state index in [4.69, 9.17) is 4.74 Å². The highest BCUT2D eigenvalue weighted by molar-refractivity contribution is 6.13. The predicted octanol–water partition coefficient (Wildman–Crippen LogP) is 3.42. The Bertz CT molecular complexity index is 1180. The molecule has 4 rings (SSSR count). The highest BCUT2D eigenvalue weighted by Gasteiger charge is 2.15. The average molecular weight is 332 g/mol. The molecule has 0 radical (unpaired) electrons. The summed E-state index contributed by atoms with van der Waals surface area (Å²) >= 11 is 0. The zero-order chi connectivity index (χ0) is 17.6. The van der Waals surface area contributed by atoms with Gasteiger partial charge in [0.15, 0.2) is 0 Å². The molecule has 122 valence electrons. The maximum Gasteiger partial charge on any atom is 0.338 e. The standard InChI is InChI=1S/C19H12N2O4/c1-25-19(24)12-5-2-4-11-10(12)8-9-15-16(11)21-17-13(18(22)23)6-3-7-14(17)20-15/h2-9H,1H3,(H,22,23). The topological polar surface area (TPSA) is 89.4 Å². The molecule has 0 spiro atoms. The number of fused-ring (bicyclic) bond motifs is 4. The lowest BCUT2D eigenvalue weighted by molar-refractivity contribution is 0.0602. The van der Waals surface area contributed by atoms with Gasteiger partial charge in [-0.3, -0.25) is 0 Å². The number of carboxylic acid groups (broad SMARTS) is 1. The molecule has 0 saturated carbocycles. The van der Waals surface area contributed by atoms with Crippen LogP contribution in [0.15, 0.2) is 48.5 Å². The molecule has 0 aliphatic carbocycles. The van der Waals surface area contributed by atoms with Crippen molar-refractivity contribution in [2.75, 3.05) is 7.11 Å². The molecule has 0 fully saturated rings. The first-order chi connectivity index (χ1) is 12.1. The number of esters is 1. The van der Waals surface area contributed by atoms with Crippen LogP contribution in [0, 0.1) is 0 Å². The number of aromatic carboxylic acids is 1. The summed E-state index contributed by atoms with van der Waals surface area (Å²) in [5.41, 5.74) is 2.52. The SMILES string of the molecule is COC(=O)c1cccc2c1ccc1nc3cccc(C(=O)O)c3nc12. The van der Waals surface area contributed by atoms with Crippen LogP contribution in [-0.2, 0) is 4.74 Å². The lowest BCUT2D eigenvalue weighted by Gasteiger charge is -2.09. The molecular weight excluding hydrogens is 320 g/mol. The van der Waals surface area contributed by atoms with Crippen molar-refractivity contribution in [3.8, 4) is 0 Å². The van der Waals surface area contributed by atoms with E-state index in [1.165, 1.54) is 13.2 Å². The molecular formula is C19H12N2O4. The fourth-order valence-corrected chi connectivity index (χ4v) is 2.98. The normalized spacial score (nSPS) is 11.1. The van der Waals surface area contributed by atoms with Crippen LogP contribution in [-0.4, -0.2) is 34.1 Å². The van der Waals surface area contributed by atoms with Crippen LogP contribution in [0.25, 0.3) is 32.8 Å². The second kappa shape index (κ2) is 5.52. The number of carboxylic acids is 1. The number of ether oxygens (including phenoxy) is 1. The highest BCUT2D eigenvalue weighted by Crippen LogP contribution is 2.28. The zero-order valence-corrected chi connectivity index (χ0v) is 13.2. The van der Waals surface area contributed by atoms with E-state index in [9.17, 15) is 14.7 Å². The minimum Gasteiger partial charge on any atom is -0.478 e. The van der Waals surface area contributed by atoms with Crippen molar-refractivity contribution < 1.29 is 19.4 Å². The lowest BCUT2D eigenvalue weighted by atomic mass is 10.0. The van der Waals surface area contributed by atoms with Gasteiger partial charge in [-0.1, -0.05) is 24.3 Å². The third kappa shape index (κ3) is 2.27. The van der Waals surface area contributed by atoms with Gasteiger partial charge in [0, 0.05) is 5.39 Å². The van der Waals surface area contributed by atoms with Crippen LogP contribution in [0.1, 0.15) is 20.7 Å². The van der Waals surface area contributed by atoms with Crippen molar-refractivity contribution in [1.82, 2.24) is 9.97 Å². The van der Waals surface area contributed by atoms with E-state index in [0.29, 0.717) is 33.0 Å². The maximum absolute atomic E-state index is 12.0. The quantitative estimate of drug-likeness (QED) is 0.344. The Balaban J connectivity index is 2.15. The van der Waals surface area contributed by atoms with Gasteiger partial charge in [0.2, 0.25) is 0 Å². The smallest absolute Gasteiger partial charge is 0.338 e. The monoisotopic (exact) mass is 332 g/mol. The van der Waals surface area contributed by atoms with Gasteiger partial charge in [0.25, 0.3) is 0 Å². The second-order valence-corrected chi connectivity index (χ2v) is 5.53. The fraction of sp³-hybridized carbons (Fsp3) is 0.0526. The van der Waals surface area contributed by atoms with E-state index >= 15 is 0 Å². The number of rotatable bonds is 2. The van der Waals surface area contributed by atoms with E-state index in [-0.39, 0.29) is 5.56 Å². The van der Waals surface area contributed by atoms with Gasteiger partial charge < -0.3 is 9.84 Å². The van der Waals surface area contributed by atoms with Crippen LogP contribution in [0.4, 0.5) is 0 Å². The molecule has 1 heterocycles. The van der Waals surface area contributed by atoms with Crippen LogP contribution in [0.5, 0.6) is 0 Å². The summed E-state index contributed by atoms with van der Waals surface area (Å²) in [5.74, 6) is -1.50. The molecule has 0 unspecified atom stereocenters. The molecule has 3 aromatic carbocycles. The Labute approximate surface area is 141 Å². The largest absolute Gasteiger partial charge is 0.478 e. The molecule has 0 amide bonds. The number of carbonyl (C=O) groups is 2. The molecule has 0 aliphatic rings. The fourth-order valence-electron chi connectivity index (χ4n) is 2.98. The van der Waals surface area contributed by atoms with Crippen molar-refractivity contribution >= 4 is 44.8 Å². The minimum atomic E-state index is -1.06. The van der Waals surface area contributed by atoms with Crippen molar-refractivity contribution in [1.29, 1.82) is 0 Å². The molecule has 1 N–H and O–H groups in total. The first kappa shape index (κ1) is 15.0. The first-order valence-corrected chi connectivity index (χ1v) is 7.54. The summed E-state index contributed by atoms with van der Waals surface area (Å²) < 4.78 is 4.82. The van der Waals surface area contributed by atoms with E-state index in [2.05, 4.69) is 9.97 Å². The van der Waals surface area contributed by atoms with Crippen molar-refractivity contribution in [3.05, 3.63) is 59.7 Å². The molecule has 4 aromatic rings. The second-order valence-electron chi connectivity index (χ2n) is 5.53. The van der Waals surface area contributed by atoms with Crippen LogP contribution in [0.3, 0.4) is 0 Å². The third-order valence-corrected chi connectivity index (χ3v) is 4.13. The van der Waals surface area contributed by atoms with Crippen molar-refractivity contribution in [2.45, 2.75) is 0 Å². The molecule has 0 aliphatic heterocycles. The van der Waals surface area contributed by atoms with Crippen LogP contribution in [0.2, 0.25) is 0 Å². The van der Waals surface area contributed by atoms with Crippen LogP contribution >= 0.6 is 0 Å². The molecule has 6 heteroatoms. The maximum atomic E-state index is 12.0. The van der Waals surface area contributed by atoms with Crippen molar-refractivity contribution in [2.24, 2.45) is 0 Å². The van der Waals surface area contributed by atoms with Gasteiger partial charge in [0.05, 0.1) is 34.8 Å². The molecule has 1 aromatic heterocycles. The molecule has 6 nitrogen and oxygen atoms in total. The molecule has 25 heavy (non-hydrogen) atoms. The zero-order valence-electron chi connectivity index (χ0n) is 13.2. The van der Waals surface area contributed by atoms with Gasteiger partial charge >= 0.3 is 11.9 Å². The van der Waals surface area contributed by atoms with Crippen molar-refractivity contribution in [3.63, 3.8) is 0 Å². The van der Waals surface area contributed by atoms with Gasteiger partial charge in [-0.15, -0.1) is 0 Å². The number of carbonyl (C=O) groups excluding carboxylic acids is 1. The van der Waals surface area contributed by atoms with E-state index in [0.717, 1.165) is 5.39 Å². The summed E-state index contributed by atoms with van der Waals surface area (Å²) in [4.78, 5) is 32.5. The molecule has 0 saturated heterocycles. The summed E-state index contributed by atoms with van der Waals surface area (Å²) in [6, 6.07) is 13.7. The van der Waals surface area contributed by atoms with Crippen LogP contribution < -0.4 is 0 Å². The van der Waals surface area contributed by atoms with Gasteiger partial charge in [0.1, 0.15) is 5.52 Å². The minimum absolute atomic E-state index is 0.0908. The van der Waals surface area contributed by atoms with E-state index in [1.54, 1.807) is 36.4 Å². The number of hydrogen-bond acceptors (Lipinski definition) is 5. The number of benzene rings is 3. The van der Waals surface area contributed by atoms with E-state index in [1.807, 2.05) is 6.07 Å². The first-order valence-electron chi connectivity index (χ1n) is 7.54. The number of nitrogens with zero attached hydrogens (tertiary/aromatic N) is 2. The highest BCUT2D eigenvalue weighted by atomic mass is 16.5.